The lowest BCUT2D eigenvalue weighted by Crippen LogP contribution is -2.45. The van der Waals surface area contributed by atoms with E-state index in [-0.39, 0.29) is 4.90 Å². The topological polar surface area (TPSA) is 148 Å². The molecule has 0 aromatic heterocycles. The predicted octanol–water partition coefficient (Wildman–Crippen LogP) is -1.60. The van der Waals surface area contributed by atoms with E-state index in [9.17, 15) is 9.36 Å². The van der Waals surface area contributed by atoms with Crippen molar-refractivity contribution in [3.8, 4) is 0 Å². The van der Waals surface area contributed by atoms with E-state index in [0.717, 1.165) is 7.05 Å². The molecule has 1 unspecified atom stereocenters. The molecule has 0 aromatic carbocycles. The standard InChI is InChI=1S/C4H10N3O5P/c1-7(4(5)6)2(3(8)9)13(10,11)12/h2H,1H3,(H3,5,6)(H,8,9)(H2,10,11,12)/i2D. The molecule has 9 heteroatoms. The van der Waals surface area contributed by atoms with E-state index in [1.54, 1.807) is 0 Å². The third-order valence-corrected chi connectivity index (χ3v) is 2.19. The molecule has 76 valence electrons. The van der Waals surface area contributed by atoms with Crippen LogP contribution < -0.4 is 5.73 Å². The molecule has 0 aromatic rings. The second-order valence-electron chi connectivity index (χ2n) is 2.12. The number of hydrogen-bond acceptors (Lipinski definition) is 3. The van der Waals surface area contributed by atoms with E-state index in [4.69, 9.17) is 27.4 Å². The number of guanidine groups is 1. The van der Waals surface area contributed by atoms with Crippen molar-refractivity contribution < 1.29 is 25.6 Å². The third kappa shape index (κ3) is 3.02. The van der Waals surface area contributed by atoms with Gasteiger partial charge in [0.15, 0.2) is 5.96 Å². The molecule has 13 heavy (non-hydrogen) atoms. The lowest BCUT2D eigenvalue weighted by atomic mass is 10.6. The molecule has 6 N–H and O–H groups in total. The Bertz CT molecular complexity index is 316. The summed E-state index contributed by atoms with van der Waals surface area (Å²) in [6.45, 7) is 0. The lowest BCUT2D eigenvalue weighted by molar-refractivity contribution is -0.139. The molecule has 0 aliphatic carbocycles. The monoisotopic (exact) mass is 212 g/mol. The van der Waals surface area contributed by atoms with Crippen LogP contribution in [0.4, 0.5) is 0 Å². The molecule has 0 amide bonds. The fraction of sp³-hybridized carbons (Fsp3) is 0.500. The summed E-state index contributed by atoms with van der Waals surface area (Å²) in [6.07, 6.45) is 0. The zero-order valence-corrected chi connectivity index (χ0v) is 7.52. The lowest BCUT2D eigenvalue weighted by Gasteiger charge is -2.24. The smallest absolute Gasteiger partial charge is 0.359 e. The molecule has 8 nitrogen and oxygen atoms in total. The predicted molar refractivity (Wildman–Crippen MR) is 43.1 cm³/mol. The van der Waals surface area contributed by atoms with Gasteiger partial charge in [0.1, 0.15) is 0 Å². The van der Waals surface area contributed by atoms with Gasteiger partial charge in [-0.25, -0.2) is 4.79 Å². The zero-order chi connectivity index (χ0) is 11.7. The van der Waals surface area contributed by atoms with Crippen molar-refractivity contribution in [2.45, 2.75) is 5.76 Å². The number of carboxylic acids is 1. The molecule has 0 spiro atoms. The zero-order valence-electron chi connectivity index (χ0n) is 7.63. The first-order valence-corrected chi connectivity index (χ1v) is 4.53. The Morgan fingerprint density at radius 1 is 1.77 bits per heavy atom. The Labute approximate surface area is 75.0 Å². The highest BCUT2D eigenvalue weighted by atomic mass is 31.2. The minimum absolute atomic E-state index is 0.177. The average molecular weight is 212 g/mol. The number of rotatable bonds is 3. The summed E-state index contributed by atoms with van der Waals surface area (Å²) in [5.41, 5.74) is 4.84. The van der Waals surface area contributed by atoms with Crippen molar-refractivity contribution in [3.63, 3.8) is 0 Å². The van der Waals surface area contributed by atoms with Crippen LogP contribution in [0.25, 0.3) is 0 Å². The first-order chi connectivity index (χ1) is 6.05. The van der Waals surface area contributed by atoms with Gasteiger partial charge in [-0.3, -0.25) is 9.97 Å². The number of carboxylic acid groups (broad SMARTS) is 1. The highest BCUT2D eigenvalue weighted by Gasteiger charge is 2.40. The molecule has 1 atom stereocenters. The maximum atomic E-state index is 10.8. The van der Waals surface area contributed by atoms with Gasteiger partial charge in [0, 0.05) is 7.05 Å². The van der Waals surface area contributed by atoms with Crippen LogP contribution in [-0.4, -0.2) is 44.5 Å². The Morgan fingerprint density at radius 3 is 2.23 bits per heavy atom. The van der Waals surface area contributed by atoms with Gasteiger partial charge in [0.05, 0.1) is 1.37 Å². The maximum Gasteiger partial charge on any atom is 0.359 e. The quantitative estimate of drug-likeness (QED) is 0.215. The van der Waals surface area contributed by atoms with Crippen molar-refractivity contribution in [2.24, 2.45) is 5.73 Å². The molecule has 0 aliphatic rings. The largest absolute Gasteiger partial charge is 0.479 e. The van der Waals surface area contributed by atoms with Crippen LogP contribution in [0.5, 0.6) is 0 Å². The minimum Gasteiger partial charge on any atom is -0.479 e. The Balaban J connectivity index is 5.45. The number of hydrogen-bond donors (Lipinski definition) is 5. The number of likely N-dealkylation sites (N-methyl/N-ethyl adjacent to an activating group) is 1. The highest BCUT2D eigenvalue weighted by molar-refractivity contribution is 7.53. The number of carbonyl (C=O) groups is 1. The van der Waals surface area contributed by atoms with Gasteiger partial charge >= 0.3 is 13.6 Å². The van der Waals surface area contributed by atoms with Crippen LogP contribution in [0, 0.1) is 5.41 Å². The minimum atomic E-state index is -5.28. The summed E-state index contributed by atoms with van der Waals surface area (Å²) in [5, 5.41) is 15.3. The van der Waals surface area contributed by atoms with E-state index in [1.807, 2.05) is 0 Å². The number of nitrogens with two attached hydrogens (primary N) is 1. The maximum absolute atomic E-state index is 10.8. The molecule has 0 bridgehead atoms. The molecular weight excluding hydrogens is 201 g/mol. The Kier molecular flexibility index (Phi) is 2.86. The second-order valence-corrected chi connectivity index (χ2v) is 3.63. The van der Waals surface area contributed by atoms with Crippen LogP contribution in [0.1, 0.15) is 1.37 Å². The van der Waals surface area contributed by atoms with Gasteiger partial charge in [-0.05, 0) is 0 Å². The number of nitrogens with zero attached hydrogens (tertiary/aromatic N) is 1. The van der Waals surface area contributed by atoms with Gasteiger partial charge in [-0.2, -0.15) is 0 Å². The first-order valence-electron chi connectivity index (χ1n) is 3.42. The van der Waals surface area contributed by atoms with Crippen LogP contribution in [-0.2, 0) is 9.36 Å². The molecule has 0 radical (unpaired) electrons. The fourth-order valence-corrected chi connectivity index (χ4v) is 1.33. The number of aliphatic carboxylic acids is 1. The van der Waals surface area contributed by atoms with E-state index < -0.39 is 25.3 Å². The second kappa shape index (κ2) is 3.73. The molecular formula is C4H10N3O5P. The van der Waals surface area contributed by atoms with Gasteiger partial charge in [-0.15, -0.1) is 0 Å². The molecule has 0 saturated heterocycles. The van der Waals surface area contributed by atoms with E-state index >= 15 is 0 Å². The van der Waals surface area contributed by atoms with Gasteiger partial charge in [0.25, 0.3) is 0 Å². The average Bonchev–Trinajstić information content (AvgIpc) is 1.98. The summed E-state index contributed by atoms with van der Waals surface area (Å²) in [6, 6.07) is 0. The van der Waals surface area contributed by atoms with Gasteiger partial charge < -0.3 is 25.5 Å². The SMILES string of the molecule is [2H]C(C(=O)O)(N(C)C(=N)N)P(=O)(O)O. The fourth-order valence-electron chi connectivity index (χ4n) is 0.578. The number of nitrogens with one attached hydrogen (secondary N) is 1. The van der Waals surface area contributed by atoms with Crippen molar-refractivity contribution in [1.82, 2.24) is 4.90 Å². The Hall–Kier alpha value is -1.11. The molecule has 0 aliphatic heterocycles. The van der Waals surface area contributed by atoms with Crippen molar-refractivity contribution in [3.05, 3.63) is 0 Å². The van der Waals surface area contributed by atoms with E-state index in [0.29, 0.717) is 0 Å². The normalized spacial score (nSPS) is 17.0. The van der Waals surface area contributed by atoms with E-state index in [2.05, 4.69) is 0 Å². The highest BCUT2D eigenvalue weighted by Crippen LogP contribution is 2.42. The van der Waals surface area contributed by atoms with Gasteiger partial charge in [-0.1, -0.05) is 0 Å². The van der Waals surface area contributed by atoms with E-state index in [1.165, 1.54) is 0 Å². The summed E-state index contributed by atoms with van der Waals surface area (Å²) in [5.74, 6) is -6.27. The third-order valence-electron chi connectivity index (χ3n) is 1.15. The van der Waals surface area contributed by atoms with Crippen molar-refractivity contribution in [2.75, 3.05) is 7.05 Å². The van der Waals surface area contributed by atoms with Crippen LogP contribution in [0.2, 0.25) is 0 Å². The van der Waals surface area contributed by atoms with Crippen LogP contribution >= 0.6 is 7.60 Å². The molecule has 0 fully saturated rings. The summed E-state index contributed by atoms with van der Waals surface area (Å²) >= 11 is 0. The van der Waals surface area contributed by atoms with Gasteiger partial charge in [0.2, 0.25) is 5.76 Å². The van der Waals surface area contributed by atoms with Crippen LogP contribution in [0.15, 0.2) is 0 Å². The molecule has 0 heterocycles. The van der Waals surface area contributed by atoms with Crippen molar-refractivity contribution in [1.29, 1.82) is 5.41 Å². The summed E-state index contributed by atoms with van der Waals surface area (Å²) in [7, 11) is -4.45. The molecule has 0 rings (SSSR count). The first kappa shape index (κ1) is 9.97. The van der Waals surface area contributed by atoms with Crippen LogP contribution in [0.3, 0.4) is 0 Å². The Morgan fingerprint density at radius 2 is 2.15 bits per heavy atom. The van der Waals surface area contributed by atoms with Crippen molar-refractivity contribution >= 4 is 19.5 Å². The summed E-state index contributed by atoms with van der Waals surface area (Å²) in [4.78, 5) is 28.1. The molecule has 0 saturated carbocycles. The summed E-state index contributed by atoms with van der Waals surface area (Å²) < 4.78 is 17.9.